The van der Waals surface area contributed by atoms with Crippen molar-refractivity contribution in [3.05, 3.63) is 41.7 Å². The second-order valence-electron chi connectivity index (χ2n) is 4.49. The van der Waals surface area contributed by atoms with Crippen LogP contribution >= 0.6 is 0 Å². The Balaban J connectivity index is 2.32. The Labute approximate surface area is 111 Å². The fourth-order valence-electron chi connectivity index (χ4n) is 2.09. The van der Waals surface area contributed by atoms with Gasteiger partial charge in [0.1, 0.15) is 0 Å². The predicted molar refractivity (Wildman–Crippen MR) is 74.7 cm³/mol. The predicted octanol–water partition coefficient (Wildman–Crippen LogP) is 0.738. The van der Waals surface area contributed by atoms with Crippen molar-refractivity contribution in [2.75, 3.05) is 17.7 Å². The molecule has 0 atom stereocenters. The third-order valence-corrected chi connectivity index (χ3v) is 2.89. The minimum Gasteiger partial charge on any atom is -0.397 e. The van der Waals surface area contributed by atoms with Crippen molar-refractivity contribution >= 4 is 17.3 Å². The number of rotatable bonds is 4. The maximum atomic E-state index is 11.5. The van der Waals surface area contributed by atoms with E-state index in [1.54, 1.807) is 29.1 Å². The highest BCUT2D eigenvalue weighted by atomic mass is 16.1. The summed E-state index contributed by atoms with van der Waals surface area (Å²) in [6.45, 7) is 0.600. The first-order chi connectivity index (χ1) is 8.99. The summed E-state index contributed by atoms with van der Waals surface area (Å²) in [6, 6.07) is 5.14. The highest BCUT2D eigenvalue weighted by Gasteiger charge is 2.15. The van der Waals surface area contributed by atoms with Gasteiger partial charge in [0.25, 0.3) is 5.91 Å². The van der Waals surface area contributed by atoms with Gasteiger partial charge in [-0.3, -0.25) is 9.48 Å². The molecule has 0 aliphatic carbocycles. The van der Waals surface area contributed by atoms with Crippen molar-refractivity contribution < 1.29 is 4.79 Å². The molecule has 1 heterocycles. The molecule has 1 aromatic heterocycles. The molecule has 0 bridgehead atoms. The van der Waals surface area contributed by atoms with Gasteiger partial charge >= 0.3 is 0 Å². The second kappa shape index (κ2) is 5.01. The molecule has 1 amide bonds. The lowest BCUT2D eigenvalue weighted by molar-refractivity contribution is 0.100. The number of hydrogen-bond acceptors (Lipinski definition) is 4. The third-order valence-electron chi connectivity index (χ3n) is 2.89. The van der Waals surface area contributed by atoms with Crippen molar-refractivity contribution in [3.8, 4) is 0 Å². The number of aryl methyl sites for hydroxylation is 1. The third kappa shape index (κ3) is 2.67. The van der Waals surface area contributed by atoms with E-state index < -0.39 is 5.91 Å². The van der Waals surface area contributed by atoms with E-state index in [2.05, 4.69) is 5.10 Å². The molecule has 0 radical (unpaired) electrons. The summed E-state index contributed by atoms with van der Waals surface area (Å²) in [4.78, 5) is 13.4. The molecule has 6 nitrogen and oxygen atoms in total. The number of amides is 1. The van der Waals surface area contributed by atoms with E-state index in [0.29, 0.717) is 23.5 Å². The molecule has 2 aromatic rings. The number of nitrogens with two attached hydrogens (primary N) is 2. The van der Waals surface area contributed by atoms with Crippen LogP contribution in [0.4, 0.5) is 11.4 Å². The average molecular weight is 259 g/mol. The van der Waals surface area contributed by atoms with Crippen LogP contribution in [0, 0.1) is 0 Å². The summed E-state index contributed by atoms with van der Waals surface area (Å²) in [5.74, 6) is -0.486. The van der Waals surface area contributed by atoms with Gasteiger partial charge in [-0.15, -0.1) is 0 Å². The van der Waals surface area contributed by atoms with Crippen molar-refractivity contribution in [2.24, 2.45) is 12.8 Å². The summed E-state index contributed by atoms with van der Waals surface area (Å²) in [7, 11) is 3.72. The van der Waals surface area contributed by atoms with Gasteiger partial charge in [-0.05, 0) is 12.1 Å². The van der Waals surface area contributed by atoms with Gasteiger partial charge in [0.05, 0.1) is 23.1 Å². The molecule has 6 heteroatoms. The zero-order valence-corrected chi connectivity index (χ0v) is 11.0. The van der Waals surface area contributed by atoms with Gasteiger partial charge in [-0.2, -0.15) is 5.10 Å². The van der Waals surface area contributed by atoms with Crippen LogP contribution in [0.25, 0.3) is 0 Å². The maximum Gasteiger partial charge on any atom is 0.250 e. The molecule has 0 unspecified atom stereocenters. The first-order valence-corrected chi connectivity index (χ1v) is 5.86. The van der Waals surface area contributed by atoms with E-state index in [-0.39, 0.29) is 0 Å². The fourth-order valence-corrected chi connectivity index (χ4v) is 2.09. The number of carbonyl (C=O) groups excluding carboxylic acids is 1. The number of hydrogen-bond donors (Lipinski definition) is 2. The molecular weight excluding hydrogens is 242 g/mol. The van der Waals surface area contributed by atoms with Crippen LogP contribution in [0.15, 0.2) is 30.6 Å². The van der Waals surface area contributed by atoms with Crippen LogP contribution in [0.5, 0.6) is 0 Å². The van der Waals surface area contributed by atoms with E-state index in [1.165, 1.54) is 0 Å². The molecule has 0 fully saturated rings. The van der Waals surface area contributed by atoms with Crippen LogP contribution in [-0.2, 0) is 13.6 Å². The first-order valence-electron chi connectivity index (χ1n) is 5.86. The van der Waals surface area contributed by atoms with Crippen molar-refractivity contribution in [2.45, 2.75) is 6.54 Å². The molecule has 0 spiro atoms. The Kier molecular flexibility index (Phi) is 3.41. The topological polar surface area (TPSA) is 90.2 Å². The van der Waals surface area contributed by atoms with E-state index in [9.17, 15) is 4.79 Å². The van der Waals surface area contributed by atoms with Crippen molar-refractivity contribution in [1.82, 2.24) is 9.78 Å². The Morgan fingerprint density at radius 3 is 2.79 bits per heavy atom. The molecule has 2 rings (SSSR count). The summed E-state index contributed by atoms with van der Waals surface area (Å²) in [6.07, 6.45) is 3.69. The Hall–Kier alpha value is -2.50. The molecule has 1 aromatic carbocycles. The molecule has 19 heavy (non-hydrogen) atoms. The standard InChI is InChI=1S/C13H17N5O/c1-17(7-9-6-16-18(2)8-9)12-10(13(15)19)4-3-5-11(12)14/h3-6,8H,7,14H2,1-2H3,(H2,15,19). The van der Waals surface area contributed by atoms with Crippen molar-refractivity contribution in [1.29, 1.82) is 0 Å². The van der Waals surface area contributed by atoms with Crippen LogP contribution < -0.4 is 16.4 Å². The number of aromatic nitrogens is 2. The first kappa shape index (κ1) is 12.9. The summed E-state index contributed by atoms with van der Waals surface area (Å²) in [5, 5.41) is 4.11. The Morgan fingerprint density at radius 2 is 2.21 bits per heavy atom. The van der Waals surface area contributed by atoms with E-state index in [0.717, 1.165) is 5.56 Å². The van der Waals surface area contributed by atoms with Gasteiger partial charge in [-0.1, -0.05) is 6.07 Å². The van der Waals surface area contributed by atoms with Gasteiger partial charge < -0.3 is 16.4 Å². The monoisotopic (exact) mass is 259 g/mol. The quantitative estimate of drug-likeness (QED) is 0.792. The average Bonchev–Trinajstić information content (AvgIpc) is 2.74. The number of para-hydroxylation sites is 1. The number of anilines is 2. The number of benzene rings is 1. The zero-order valence-electron chi connectivity index (χ0n) is 11.0. The summed E-state index contributed by atoms with van der Waals surface area (Å²) < 4.78 is 1.73. The lowest BCUT2D eigenvalue weighted by Crippen LogP contribution is -2.23. The normalized spacial score (nSPS) is 10.4. The highest BCUT2D eigenvalue weighted by molar-refractivity contribution is 6.01. The zero-order chi connectivity index (χ0) is 14.0. The van der Waals surface area contributed by atoms with E-state index >= 15 is 0 Å². The number of nitrogens with zero attached hydrogens (tertiary/aromatic N) is 3. The number of primary amides is 1. The number of carbonyl (C=O) groups is 1. The smallest absolute Gasteiger partial charge is 0.250 e. The van der Waals surface area contributed by atoms with Crippen LogP contribution in [0.2, 0.25) is 0 Å². The molecule has 0 aliphatic heterocycles. The van der Waals surface area contributed by atoms with Crippen molar-refractivity contribution in [3.63, 3.8) is 0 Å². The minimum atomic E-state index is -0.486. The Bertz CT molecular complexity index is 605. The lowest BCUT2D eigenvalue weighted by Gasteiger charge is -2.22. The van der Waals surface area contributed by atoms with Gasteiger partial charge in [0, 0.05) is 32.4 Å². The molecular formula is C13H17N5O. The highest BCUT2D eigenvalue weighted by Crippen LogP contribution is 2.27. The minimum absolute atomic E-state index is 0.423. The fraction of sp³-hybridized carbons (Fsp3) is 0.231. The number of nitrogen functional groups attached to an aromatic ring is 1. The SMILES string of the molecule is CN(Cc1cnn(C)c1)c1c(N)cccc1C(N)=O. The van der Waals surface area contributed by atoms with E-state index in [1.807, 2.05) is 25.2 Å². The van der Waals surface area contributed by atoms with Crippen LogP contribution in [0.1, 0.15) is 15.9 Å². The van der Waals surface area contributed by atoms with Crippen LogP contribution in [0.3, 0.4) is 0 Å². The maximum absolute atomic E-state index is 11.5. The molecule has 100 valence electrons. The second-order valence-corrected chi connectivity index (χ2v) is 4.49. The van der Waals surface area contributed by atoms with E-state index in [4.69, 9.17) is 11.5 Å². The molecule has 4 N–H and O–H groups in total. The van der Waals surface area contributed by atoms with Crippen LogP contribution in [-0.4, -0.2) is 22.7 Å². The lowest BCUT2D eigenvalue weighted by atomic mass is 10.1. The largest absolute Gasteiger partial charge is 0.397 e. The Morgan fingerprint density at radius 1 is 1.47 bits per heavy atom. The summed E-state index contributed by atoms with van der Waals surface area (Å²) >= 11 is 0. The molecule has 0 aliphatic rings. The van der Waals surface area contributed by atoms with Gasteiger partial charge in [0.15, 0.2) is 0 Å². The summed E-state index contributed by atoms with van der Waals surface area (Å²) in [5.41, 5.74) is 14.0. The van der Waals surface area contributed by atoms with Gasteiger partial charge in [-0.25, -0.2) is 0 Å². The molecule has 0 saturated heterocycles. The molecule has 0 saturated carbocycles. The van der Waals surface area contributed by atoms with Gasteiger partial charge in [0.2, 0.25) is 0 Å².